The van der Waals surface area contributed by atoms with E-state index in [0.29, 0.717) is 5.82 Å². The molecule has 9 aromatic carbocycles. The second kappa shape index (κ2) is 13.8. The predicted octanol–water partition coefficient (Wildman–Crippen LogP) is 15.4. The molecule has 0 fully saturated rings. The Kier molecular flexibility index (Phi) is 7.82. The van der Waals surface area contributed by atoms with Crippen LogP contribution in [0.4, 0.5) is 0 Å². The Bertz CT molecular complexity index is 3510. The number of benzene rings is 9. The zero-order valence-corrected chi connectivity index (χ0v) is 32.3. The highest BCUT2D eigenvalue weighted by molar-refractivity contribution is 6.23. The lowest BCUT2D eigenvalue weighted by Gasteiger charge is -2.11. The van der Waals surface area contributed by atoms with Gasteiger partial charge in [-0.25, -0.2) is 9.97 Å². The summed E-state index contributed by atoms with van der Waals surface area (Å²) >= 11 is 0. The van der Waals surface area contributed by atoms with Crippen LogP contribution in [0.25, 0.3) is 122 Å². The summed E-state index contributed by atoms with van der Waals surface area (Å²) in [6, 6.07) is 72.0. The summed E-state index contributed by atoms with van der Waals surface area (Å²) in [5.74, 6) is 0.709. The molecule has 0 N–H and O–H groups in total. The molecule has 12 rings (SSSR count). The van der Waals surface area contributed by atoms with Gasteiger partial charge in [0.1, 0.15) is 22.3 Å². The number of nitrogens with zero attached hydrogens (tertiary/aromatic N) is 2. The molecule has 0 bridgehead atoms. The van der Waals surface area contributed by atoms with E-state index in [1.165, 1.54) is 0 Å². The van der Waals surface area contributed by atoms with Crippen LogP contribution in [-0.4, -0.2) is 9.97 Å². The minimum Gasteiger partial charge on any atom is -0.455 e. The van der Waals surface area contributed by atoms with Gasteiger partial charge in [-0.05, 0) is 57.5 Å². The average molecular weight is 767 g/mol. The largest absolute Gasteiger partial charge is 0.455 e. The summed E-state index contributed by atoms with van der Waals surface area (Å²) in [5, 5.41) is 6.63. The summed E-state index contributed by atoms with van der Waals surface area (Å²) in [6.07, 6.45) is 0. The standard InChI is InChI=1S/C56H34N2O2/c1-3-13-38(14-4-1)49-34-50(58-56(57-49)40-15-5-2-6-16-40)39-31-27-36(28-32-39)35-25-29-37(30-26-35)47-33-48-53-43(20-12-24-52(53)60-55(48)44-19-8-7-17-41(44)47)46-22-11-21-45-42-18-9-10-23-51(42)59-54(45)46/h1-34H. The third-order valence-electron chi connectivity index (χ3n) is 11.7. The maximum atomic E-state index is 6.73. The van der Waals surface area contributed by atoms with Gasteiger partial charge in [0.15, 0.2) is 5.82 Å². The summed E-state index contributed by atoms with van der Waals surface area (Å²) in [4.78, 5) is 9.99. The molecule has 0 unspecified atom stereocenters. The fourth-order valence-electron chi connectivity index (χ4n) is 8.81. The van der Waals surface area contributed by atoms with Gasteiger partial charge in [-0.2, -0.15) is 0 Å². The molecule has 0 spiro atoms. The van der Waals surface area contributed by atoms with Gasteiger partial charge in [-0.3, -0.25) is 0 Å². The van der Waals surface area contributed by atoms with Crippen LogP contribution >= 0.6 is 0 Å². The second-order valence-electron chi connectivity index (χ2n) is 15.3. The van der Waals surface area contributed by atoms with Crippen molar-refractivity contribution >= 4 is 54.6 Å². The third kappa shape index (κ3) is 5.61. The minimum atomic E-state index is 0.709. The van der Waals surface area contributed by atoms with Gasteiger partial charge in [-0.15, -0.1) is 0 Å². The molecule has 12 aromatic rings. The first kappa shape index (κ1) is 34.0. The first-order chi connectivity index (χ1) is 29.7. The number of hydrogen-bond acceptors (Lipinski definition) is 4. The molecule has 3 aromatic heterocycles. The van der Waals surface area contributed by atoms with Crippen molar-refractivity contribution in [3.05, 3.63) is 206 Å². The van der Waals surface area contributed by atoms with E-state index in [-0.39, 0.29) is 0 Å². The van der Waals surface area contributed by atoms with E-state index in [1.807, 2.05) is 48.5 Å². The molecule has 0 saturated heterocycles. The van der Waals surface area contributed by atoms with Crippen LogP contribution in [0.3, 0.4) is 0 Å². The molecule has 0 aliphatic carbocycles. The monoisotopic (exact) mass is 766 g/mol. The van der Waals surface area contributed by atoms with Crippen molar-refractivity contribution < 1.29 is 8.83 Å². The van der Waals surface area contributed by atoms with Gasteiger partial charge in [0.25, 0.3) is 0 Å². The lowest BCUT2D eigenvalue weighted by atomic mass is 9.92. The fraction of sp³-hybridized carbons (Fsp3) is 0. The van der Waals surface area contributed by atoms with Crippen molar-refractivity contribution in [1.29, 1.82) is 0 Å². The van der Waals surface area contributed by atoms with Gasteiger partial charge in [-0.1, -0.05) is 182 Å². The van der Waals surface area contributed by atoms with Gasteiger partial charge in [0, 0.05) is 49.2 Å². The molecule has 0 aliphatic heterocycles. The number of rotatable bonds is 6. The van der Waals surface area contributed by atoms with E-state index in [9.17, 15) is 0 Å². The Morgan fingerprint density at radius 1 is 0.283 bits per heavy atom. The highest BCUT2D eigenvalue weighted by Gasteiger charge is 2.20. The van der Waals surface area contributed by atoms with E-state index in [4.69, 9.17) is 18.8 Å². The molecule has 3 heterocycles. The molecule has 0 aliphatic rings. The van der Waals surface area contributed by atoms with Gasteiger partial charge in [0.05, 0.1) is 11.4 Å². The van der Waals surface area contributed by atoms with Crippen LogP contribution in [0.1, 0.15) is 0 Å². The summed E-state index contributed by atoms with van der Waals surface area (Å²) in [6.45, 7) is 0. The summed E-state index contributed by atoms with van der Waals surface area (Å²) in [5.41, 5.74) is 15.1. The van der Waals surface area contributed by atoms with Crippen molar-refractivity contribution in [2.75, 3.05) is 0 Å². The number of hydrogen-bond donors (Lipinski definition) is 0. The molecule has 0 saturated carbocycles. The quantitative estimate of drug-likeness (QED) is 0.169. The van der Waals surface area contributed by atoms with Crippen molar-refractivity contribution in [1.82, 2.24) is 9.97 Å². The molecule has 4 nitrogen and oxygen atoms in total. The van der Waals surface area contributed by atoms with Crippen molar-refractivity contribution in [2.24, 2.45) is 0 Å². The predicted molar refractivity (Wildman–Crippen MR) is 247 cm³/mol. The van der Waals surface area contributed by atoms with E-state index in [2.05, 4.69) is 158 Å². The van der Waals surface area contributed by atoms with E-state index >= 15 is 0 Å². The maximum absolute atomic E-state index is 6.73. The first-order valence-electron chi connectivity index (χ1n) is 20.2. The van der Waals surface area contributed by atoms with Gasteiger partial charge < -0.3 is 8.83 Å². The zero-order chi connectivity index (χ0) is 39.6. The van der Waals surface area contributed by atoms with E-state index < -0.39 is 0 Å². The number of furan rings is 2. The maximum Gasteiger partial charge on any atom is 0.160 e. The van der Waals surface area contributed by atoms with Crippen LogP contribution in [-0.2, 0) is 0 Å². The second-order valence-corrected chi connectivity index (χ2v) is 15.3. The van der Waals surface area contributed by atoms with Gasteiger partial charge >= 0.3 is 0 Å². The van der Waals surface area contributed by atoms with Crippen molar-refractivity contribution in [2.45, 2.75) is 0 Å². The smallest absolute Gasteiger partial charge is 0.160 e. The van der Waals surface area contributed by atoms with Crippen LogP contribution in [0.2, 0.25) is 0 Å². The molecule has 0 amide bonds. The summed E-state index contributed by atoms with van der Waals surface area (Å²) < 4.78 is 13.2. The average Bonchev–Trinajstić information content (AvgIpc) is 3.91. The van der Waals surface area contributed by atoms with Crippen molar-refractivity contribution in [3.8, 4) is 67.3 Å². The molecule has 0 radical (unpaired) electrons. The van der Waals surface area contributed by atoms with Crippen LogP contribution in [0.15, 0.2) is 215 Å². The topological polar surface area (TPSA) is 52.1 Å². The van der Waals surface area contributed by atoms with Crippen molar-refractivity contribution in [3.63, 3.8) is 0 Å². The Labute approximate surface area is 345 Å². The Hall–Kier alpha value is -8.08. The Morgan fingerprint density at radius 3 is 1.52 bits per heavy atom. The third-order valence-corrected chi connectivity index (χ3v) is 11.7. The Morgan fingerprint density at radius 2 is 0.783 bits per heavy atom. The van der Waals surface area contributed by atoms with Crippen LogP contribution in [0.5, 0.6) is 0 Å². The molecule has 60 heavy (non-hydrogen) atoms. The highest BCUT2D eigenvalue weighted by Crippen LogP contribution is 2.45. The normalized spacial score (nSPS) is 11.7. The SMILES string of the molecule is c1ccc(-c2cc(-c3ccc(-c4ccc(-c5cc6c(oc7cccc(-c8cccc9c8oc8ccccc89)c76)c6ccccc56)cc4)cc3)nc(-c3ccccc3)n2)cc1. The number of aromatic nitrogens is 2. The lowest BCUT2D eigenvalue weighted by molar-refractivity contribution is 0.670. The lowest BCUT2D eigenvalue weighted by Crippen LogP contribution is -1.95. The molecular formula is C56H34N2O2. The number of para-hydroxylation sites is 2. The van der Waals surface area contributed by atoms with E-state index in [1.54, 1.807) is 0 Å². The molecular weight excluding hydrogens is 733 g/mol. The van der Waals surface area contributed by atoms with E-state index in [0.717, 1.165) is 116 Å². The fourth-order valence-corrected chi connectivity index (χ4v) is 8.81. The molecule has 4 heteroatoms. The first-order valence-corrected chi connectivity index (χ1v) is 20.2. The van der Waals surface area contributed by atoms with Gasteiger partial charge in [0.2, 0.25) is 0 Å². The molecule has 280 valence electrons. The summed E-state index contributed by atoms with van der Waals surface area (Å²) in [7, 11) is 0. The Balaban J connectivity index is 0.934. The number of fused-ring (bicyclic) bond motifs is 8. The zero-order valence-electron chi connectivity index (χ0n) is 32.3. The van der Waals surface area contributed by atoms with Crippen LogP contribution < -0.4 is 0 Å². The highest BCUT2D eigenvalue weighted by atomic mass is 16.3. The minimum absolute atomic E-state index is 0.709. The van der Waals surface area contributed by atoms with Crippen LogP contribution in [0, 0.1) is 0 Å². The molecule has 0 atom stereocenters.